The third kappa shape index (κ3) is 2.68. The largest absolute Gasteiger partial charge is 0.390 e. The molecule has 1 aromatic rings. The topological polar surface area (TPSA) is 42.2 Å². The standard InChI is InChI=1S/C8H10ClNO2/c9-5-8(12)6-10-3-1-7(11)2-4-10/h1-4,8,12H,5-6H2. The first-order chi connectivity index (χ1) is 5.72. The van der Waals surface area contributed by atoms with E-state index in [2.05, 4.69) is 0 Å². The van der Waals surface area contributed by atoms with Gasteiger partial charge < -0.3 is 9.67 Å². The van der Waals surface area contributed by atoms with E-state index in [0.29, 0.717) is 6.54 Å². The summed E-state index contributed by atoms with van der Waals surface area (Å²) in [4.78, 5) is 10.7. The lowest BCUT2D eigenvalue weighted by atomic mass is 10.4. The van der Waals surface area contributed by atoms with Crippen molar-refractivity contribution in [3.63, 3.8) is 0 Å². The van der Waals surface area contributed by atoms with Crippen molar-refractivity contribution in [2.75, 3.05) is 5.88 Å². The first-order valence-corrected chi connectivity index (χ1v) is 4.16. The van der Waals surface area contributed by atoms with Gasteiger partial charge in [-0.1, -0.05) is 0 Å². The Morgan fingerprint density at radius 2 is 2.08 bits per heavy atom. The van der Waals surface area contributed by atoms with E-state index < -0.39 is 6.10 Å². The van der Waals surface area contributed by atoms with Gasteiger partial charge in [-0.3, -0.25) is 4.79 Å². The molecule has 0 bridgehead atoms. The van der Waals surface area contributed by atoms with Gasteiger partial charge in [0, 0.05) is 31.1 Å². The molecule has 0 aromatic carbocycles. The van der Waals surface area contributed by atoms with E-state index in [-0.39, 0.29) is 11.3 Å². The highest BCUT2D eigenvalue weighted by molar-refractivity contribution is 6.18. The summed E-state index contributed by atoms with van der Waals surface area (Å²) in [5.74, 6) is 0.201. The van der Waals surface area contributed by atoms with Gasteiger partial charge in [0.25, 0.3) is 0 Å². The van der Waals surface area contributed by atoms with Crippen molar-refractivity contribution in [3.8, 4) is 0 Å². The van der Waals surface area contributed by atoms with Crippen LogP contribution < -0.4 is 5.43 Å². The van der Waals surface area contributed by atoms with Gasteiger partial charge in [0.15, 0.2) is 5.43 Å². The maximum Gasteiger partial charge on any atom is 0.181 e. The van der Waals surface area contributed by atoms with Crippen LogP contribution in [0.4, 0.5) is 0 Å². The van der Waals surface area contributed by atoms with Gasteiger partial charge in [-0.05, 0) is 0 Å². The van der Waals surface area contributed by atoms with Gasteiger partial charge in [0.05, 0.1) is 12.0 Å². The molecule has 12 heavy (non-hydrogen) atoms. The molecule has 1 unspecified atom stereocenters. The van der Waals surface area contributed by atoms with E-state index in [1.807, 2.05) is 0 Å². The van der Waals surface area contributed by atoms with Crippen molar-refractivity contribution in [2.24, 2.45) is 0 Å². The van der Waals surface area contributed by atoms with Crippen LogP contribution in [0.5, 0.6) is 0 Å². The Kier molecular flexibility index (Phi) is 3.31. The normalized spacial score (nSPS) is 12.8. The van der Waals surface area contributed by atoms with Crippen molar-refractivity contribution in [3.05, 3.63) is 34.7 Å². The molecular weight excluding hydrogens is 178 g/mol. The lowest BCUT2D eigenvalue weighted by Gasteiger charge is -2.08. The van der Waals surface area contributed by atoms with Crippen molar-refractivity contribution in [2.45, 2.75) is 12.6 Å². The number of alkyl halides is 1. The van der Waals surface area contributed by atoms with E-state index in [1.54, 1.807) is 17.0 Å². The second-order valence-electron chi connectivity index (χ2n) is 2.54. The second-order valence-corrected chi connectivity index (χ2v) is 2.85. The summed E-state index contributed by atoms with van der Waals surface area (Å²) in [5.41, 5.74) is -0.0355. The summed E-state index contributed by atoms with van der Waals surface area (Å²) in [6.45, 7) is 0.420. The van der Waals surface area contributed by atoms with Crippen LogP contribution in [0.15, 0.2) is 29.3 Å². The Morgan fingerprint density at radius 1 is 1.50 bits per heavy atom. The maximum absolute atomic E-state index is 10.7. The summed E-state index contributed by atoms with van der Waals surface area (Å²) in [7, 11) is 0. The summed E-state index contributed by atoms with van der Waals surface area (Å²) in [5, 5.41) is 9.15. The van der Waals surface area contributed by atoms with Crippen LogP contribution >= 0.6 is 11.6 Å². The summed E-state index contributed by atoms with van der Waals surface area (Å²) in [6, 6.07) is 2.89. The third-order valence-corrected chi connectivity index (χ3v) is 1.82. The maximum atomic E-state index is 10.7. The number of hydrogen-bond donors (Lipinski definition) is 1. The molecule has 1 atom stereocenters. The Bertz CT molecular complexity index is 277. The molecule has 0 saturated carbocycles. The summed E-state index contributed by atoms with van der Waals surface area (Å²) in [6.07, 6.45) is 2.69. The van der Waals surface area contributed by atoms with Crippen molar-refractivity contribution < 1.29 is 5.11 Å². The number of nitrogens with zero attached hydrogens (tertiary/aromatic N) is 1. The third-order valence-electron chi connectivity index (χ3n) is 1.46. The minimum atomic E-state index is -0.561. The fourth-order valence-electron chi connectivity index (χ4n) is 0.858. The average molecular weight is 188 g/mol. The first-order valence-electron chi connectivity index (χ1n) is 3.62. The lowest BCUT2D eigenvalue weighted by molar-refractivity contribution is 0.176. The minimum Gasteiger partial charge on any atom is -0.390 e. The molecule has 3 nitrogen and oxygen atoms in total. The van der Waals surface area contributed by atoms with Gasteiger partial charge in [0.1, 0.15) is 0 Å². The number of rotatable bonds is 3. The lowest BCUT2D eigenvalue weighted by Crippen LogP contribution is -2.17. The quantitative estimate of drug-likeness (QED) is 0.699. The molecule has 0 aliphatic heterocycles. The predicted octanol–water partition coefficient (Wildman–Crippen LogP) is 0.448. The van der Waals surface area contributed by atoms with Gasteiger partial charge in [-0.15, -0.1) is 11.6 Å². The number of halogens is 1. The fourth-order valence-corrected chi connectivity index (χ4v) is 0.955. The summed E-state index contributed by atoms with van der Waals surface area (Å²) < 4.78 is 1.72. The van der Waals surface area contributed by atoms with Crippen LogP contribution in [0.25, 0.3) is 0 Å². The van der Waals surface area contributed by atoms with Crippen molar-refractivity contribution >= 4 is 11.6 Å². The van der Waals surface area contributed by atoms with Gasteiger partial charge in [0.2, 0.25) is 0 Å². The highest BCUT2D eigenvalue weighted by Crippen LogP contribution is 1.93. The van der Waals surface area contributed by atoms with E-state index in [9.17, 15) is 4.79 Å². The number of hydrogen-bond acceptors (Lipinski definition) is 2. The second kappa shape index (κ2) is 4.28. The van der Waals surface area contributed by atoms with E-state index >= 15 is 0 Å². The van der Waals surface area contributed by atoms with Crippen LogP contribution in [0.1, 0.15) is 0 Å². The highest BCUT2D eigenvalue weighted by Gasteiger charge is 2.00. The molecule has 1 rings (SSSR count). The van der Waals surface area contributed by atoms with Gasteiger partial charge >= 0.3 is 0 Å². The molecule has 0 aliphatic rings. The minimum absolute atomic E-state index is 0.0355. The molecule has 1 aromatic heterocycles. The Hall–Kier alpha value is -0.800. The molecule has 66 valence electrons. The molecule has 0 amide bonds. The predicted molar refractivity (Wildman–Crippen MR) is 47.4 cm³/mol. The molecule has 0 saturated heterocycles. The van der Waals surface area contributed by atoms with E-state index in [4.69, 9.17) is 16.7 Å². The van der Waals surface area contributed by atoms with Crippen LogP contribution in [0.2, 0.25) is 0 Å². The highest BCUT2D eigenvalue weighted by atomic mass is 35.5. The number of pyridine rings is 1. The molecule has 0 radical (unpaired) electrons. The Labute approximate surface area is 75.2 Å². The monoisotopic (exact) mass is 187 g/mol. The first kappa shape index (κ1) is 9.29. The zero-order valence-electron chi connectivity index (χ0n) is 6.48. The Balaban J connectivity index is 2.64. The Morgan fingerprint density at radius 3 is 2.58 bits per heavy atom. The molecular formula is C8H10ClNO2. The summed E-state index contributed by atoms with van der Waals surface area (Å²) >= 11 is 5.41. The van der Waals surface area contributed by atoms with E-state index in [0.717, 1.165) is 0 Å². The molecule has 0 fully saturated rings. The number of aliphatic hydroxyl groups excluding tert-OH is 1. The van der Waals surface area contributed by atoms with Crippen LogP contribution in [-0.4, -0.2) is 21.7 Å². The van der Waals surface area contributed by atoms with Gasteiger partial charge in [-0.25, -0.2) is 0 Å². The van der Waals surface area contributed by atoms with Crippen molar-refractivity contribution in [1.82, 2.24) is 4.57 Å². The number of aromatic nitrogens is 1. The number of aliphatic hydroxyl groups is 1. The zero-order valence-corrected chi connectivity index (χ0v) is 7.24. The SMILES string of the molecule is O=c1ccn(CC(O)CCl)cc1. The van der Waals surface area contributed by atoms with Crippen molar-refractivity contribution in [1.29, 1.82) is 0 Å². The van der Waals surface area contributed by atoms with Crippen LogP contribution in [0.3, 0.4) is 0 Å². The van der Waals surface area contributed by atoms with Crippen LogP contribution in [-0.2, 0) is 6.54 Å². The smallest absolute Gasteiger partial charge is 0.181 e. The molecule has 1 N–H and O–H groups in total. The van der Waals surface area contributed by atoms with Crippen LogP contribution in [0, 0.1) is 0 Å². The van der Waals surface area contributed by atoms with E-state index in [1.165, 1.54) is 12.1 Å². The zero-order chi connectivity index (χ0) is 8.97. The molecule has 0 spiro atoms. The molecule has 1 heterocycles. The average Bonchev–Trinajstić information content (AvgIpc) is 2.09. The molecule has 4 heteroatoms. The fraction of sp³-hybridized carbons (Fsp3) is 0.375. The van der Waals surface area contributed by atoms with Gasteiger partial charge in [-0.2, -0.15) is 0 Å². The molecule has 0 aliphatic carbocycles.